The molecule has 2 heterocycles. The molecule has 157 valence electrons. The molecule has 0 unspecified atom stereocenters. The second-order valence-electron chi connectivity index (χ2n) is 7.47. The number of anilines is 1. The third-order valence-corrected chi connectivity index (χ3v) is 8.22. The Kier molecular flexibility index (Phi) is 6.17. The first-order valence-electron chi connectivity index (χ1n) is 9.86. The summed E-state index contributed by atoms with van der Waals surface area (Å²) in [5.74, 6) is -0.0598. The highest BCUT2D eigenvalue weighted by Gasteiger charge is 2.29. The number of benzene rings is 2. The predicted molar refractivity (Wildman–Crippen MR) is 117 cm³/mol. The summed E-state index contributed by atoms with van der Waals surface area (Å²) < 4.78 is 40.0. The molecule has 0 amide bonds. The van der Waals surface area contributed by atoms with Crippen LogP contribution >= 0.6 is 11.3 Å². The number of aryl methyl sites for hydroxylation is 1. The van der Waals surface area contributed by atoms with Crippen LogP contribution in [-0.4, -0.2) is 37.3 Å². The smallest absolute Gasteiger partial charge is 0.243 e. The Morgan fingerprint density at radius 3 is 2.67 bits per heavy atom. The molecule has 0 saturated carbocycles. The fourth-order valence-corrected chi connectivity index (χ4v) is 5.86. The fraction of sp³-hybridized carbons (Fsp3) is 0.318. The lowest BCUT2D eigenvalue weighted by Gasteiger charge is -2.31. The van der Waals surface area contributed by atoms with Crippen LogP contribution in [0.15, 0.2) is 53.6 Å². The molecule has 1 aromatic heterocycles. The number of hydrogen-bond acceptors (Lipinski definition) is 5. The van der Waals surface area contributed by atoms with Crippen LogP contribution in [0, 0.1) is 24.7 Å². The molecule has 4 rings (SSSR count). The summed E-state index contributed by atoms with van der Waals surface area (Å²) in [5, 5.41) is 4.27. The van der Waals surface area contributed by atoms with E-state index in [1.54, 1.807) is 11.3 Å². The summed E-state index contributed by atoms with van der Waals surface area (Å²) in [6.07, 6.45) is 3.43. The number of sulfonamides is 1. The molecule has 1 fully saturated rings. The molecule has 1 radical (unpaired) electrons. The van der Waals surface area contributed by atoms with Crippen molar-refractivity contribution in [1.29, 1.82) is 0 Å². The molecule has 1 N–H and O–H groups in total. The van der Waals surface area contributed by atoms with E-state index in [1.165, 1.54) is 28.6 Å². The summed E-state index contributed by atoms with van der Waals surface area (Å²) in [5.41, 5.74) is 2.23. The van der Waals surface area contributed by atoms with E-state index in [0.29, 0.717) is 19.0 Å². The highest BCUT2D eigenvalue weighted by Crippen LogP contribution is 2.30. The van der Waals surface area contributed by atoms with E-state index in [0.717, 1.165) is 40.5 Å². The van der Waals surface area contributed by atoms with Gasteiger partial charge in [-0.1, -0.05) is 23.5 Å². The molecule has 0 atom stereocenters. The molecule has 0 spiro atoms. The van der Waals surface area contributed by atoms with Crippen molar-refractivity contribution in [2.75, 3.05) is 25.0 Å². The van der Waals surface area contributed by atoms with Crippen molar-refractivity contribution in [3.8, 4) is 10.4 Å². The molecule has 8 heteroatoms. The number of hydrogen-bond donors (Lipinski definition) is 1. The number of nitrogens with one attached hydrogen (secondary N) is 1. The quantitative estimate of drug-likeness (QED) is 0.605. The Morgan fingerprint density at radius 2 is 1.97 bits per heavy atom. The van der Waals surface area contributed by atoms with Crippen LogP contribution in [0.4, 0.5) is 9.52 Å². The highest BCUT2D eigenvalue weighted by molar-refractivity contribution is 7.89. The van der Waals surface area contributed by atoms with Gasteiger partial charge in [0, 0.05) is 25.8 Å². The largest absolute Gasteiger partial charge is 0.361 e. The standard InChI is InChI=1S/C22H23FN3O2S2/c1-16-3-2-4-18(13-16)21-15-25-22(29-21)24-14-17-9-11-26(12-10-17)30(27,28)20-7-5-19(23)6-8-20/h2,4-8,13,15,17H,9-12,14H2,1H3,(H,24,25). The molecule has 1 saturated heterocycles. The Labute approximate surface area is 180 Å². The van der Waals surface area contributed by atoms with Crippen LogP contribution in [0.5, 0.6) is 0 Å². The number of halogens is 1. The van der Waals surface area contributed by atoms with E-state index in [9.17, 15) is 12.8 Å². The van der Waals surface area contributed by atoms with Gasteiger partial charge < -0.3 is 5.32 Å². The van der Waals surface area contributed by atoms with E-state index < -0.39 is 15.8 Å². The topological polar surface area (TPSA) is 62.3 Å². The Morgan fingerprint density at radius 1 is 1.23 bits per heavy atom. The van der Waals surface area contributed by atoms with Crippen molar-refractivity contribution in [1.82, 2.24) is 9.29 Å². The molecular weight excluding hydrogens is 421 g/mol. The second kappa shape index (κ2) is 8.83. The Balaban J connectivity index is 1.31. The molecule has 30 heavy (non-hydrogen) atoms. The molecule has 0 bridgehead atoms. The lowest BCUT2D eigenvalue weighted by atomic mass is 9.98. The summed E-state index contributed by atoms with van der Waals surface area (Å²) in [4.78, 5) is 5.72. The molecule has 3 aromatic rings. The van der Waals surface area contributed by atoms with Crippen LogP contribution in [0.1, 0.15) is 18.4 Å². The van der Waals surface area contributed by atoms with E-state index in [1.807, 2.05) is 25.3 Å². The van der Waals surface area contributed by atoms with Crippen LogP contribution in [0.25, 0.3) is 10.4 Å². The summed E-state index contributed by atoms with van der Waals surface area (Å²) in [7, 11) is -3.57. The normalized spacial score (nSPS) is 15.9. The van der Waals surface area contributed by atoms with Crippen LogP contribution in [0.2, 0.25) is 0 Å². The summed E-state index contributed by atoms with van der Waals surface area (Å²) in [6.45, 7) is 3.72. The lowest BCUT2D eigenvalue weighted by molar-refractivity contribution is 0.282. The Bertz CT molecular complexity index is 1110. The first kappa shape index (κ1) is 21.0. The Hall–Kier alpha value is -2.29. The third kappa shape index (κ3) is 4.71. The summed E-state index contributed by atoms with van der Waals surface area (Å²) in [6, 6.07) is 14.2. The SMILES string of the molecule is Cc1[c]ccc(-c2cnc(NCC3CCN(S(=O)(=O)c4ccc(F)cc4)CC3)s2)c1. The summed E-state index contributed by atoms with van der Waals surface area (Å²) >= 11 is 1.61. The maximum Gasteiger partial charge on any atom is 0.243 e. The number of rotatable bonds is 6. The number of aromatic nitrogens is 1. The number of nitrogens with zero attached hydrogens (tertiary/aromatic N) is 2. The van der Waals surface area contributed by atoms with Crippen LogP contribution in [-0.2, 0) is 10.0 Å². The fourth-order valence-electron chi connectivity index (χ4n) is 3.57. The molecular formula is C22H23FN3O2S2. The first-order valence-corrected chi connectivity index (χ1v) is 12.1. The van der Waals surface area contributed by atoms with Crippen LogP contribution < -0.4 is 5.32 Å². The monoisotopic (exact) mass is 444 g/mol. The van der Waals surface area contributed by atoms with Crippen LogP contribution in [0.3, 0.4) is 0 Å². The van der Waals surface area contributed by atoms with Gasteiger partial charge in [-0.15, -0.1) is 0 Å². The van der Waals surface area contributed by atoms with Crippen molar-refractivity contribution in [3.05, 3.63) is 66.1 Å². The molecule has 1 aliphatic heterocycles. The van der Waals surface area contributed by atoms with Crippen molar-refractivity contribution in [3.63, 3.8) is 0 Å². The van der Waals surface area contributed by atoms with Gasteiger partial charge in [-0.3, -0.25) is 0 Å². The average Bonchev–Trinajstić information content (AvgIpc) is 3.22. The second-order valence-corrected chi connectivity index (χ2v) is 10.4. The van der Waals surface area contributed by atoms with Crippen molar-refractivity contribution in [2.45, 2.75) is 24.7 Å². The minimum absolute atomic E-state index is 0.143. The van der Waals surface area contributed by atoms with Gasteiger partial charge in [-0.05, 0) is 73.2 Å². The molecule has 2 aromatic carbocycles. The minimum Gasteiger partial charge on any atom is -0.361 e. The zero-order chi connectivity index (χ0) is 21.1. The van der Waals surface area contributed by atoms with Crippen molar-refractivity contribution in [2.24, 2.45) is 5.92 Å². The van der Waals surface area contributed by atoms with E-state index in [2.05, 4.69) is 22.4 Å². The van der Waals surface area contributed by atoms with Gasteiger partial charge in [0.15, 0.2) is 5.13 Å². The van der Waals surface area contributed by atoms with Gasteiger partial charge in [0.05, 0.1) is 9.77 Å². The van der Waals surface area contributed by atoms with Gasteiger partial charge in [0.2, 0.25) is 10.0 Å². The van der Waals surface area contributed by atoms with Gasteiger partial charge in [0.25, 0.3) is 0 Å². The van der Waals surface area contributed by atoms with Gasteiger partial charge >= 0.3 is 0 Å². The minimum atomic E-state index is -3.57. The maximum atomic E-state index is 13.1. The maximum absolute atomic E-state index is 13.1. The average molecular weight is 445 g/mol. The van der Waals surface area contributed by atoms with E-state index >= 15 is 0 Å². The predicted octanol–water partition coefficient (Wildman–Crippen LogP) is 4.57. The van der Waals surface area contributed by atoms with Gasteiger partial charge in [-0.2, -0.15) is 4.31 Å². The van der Waals surface area contributed by atoms with Gasteiger partial charge in [0.1, 0.15) is 5.82 Å². The zero-order valence-corrected chi connectivity index (χ0v) is 18.3. The lowest BCUT2D eigenvalue weighted by Crippen LogP contribution is -2.39. The molecule has 5 nitrogen and oxygen atoms in total. The number of piperidine rings is 1. The first-order chi connectivity index (χ1) is 14.4. The van der Waals surface area contributed by atoms with Gasteiger partial charge in [-0.25, -0.2) is 17.8 Å². The van der Waals surface area contributed by atoms with Crippen molar-refractivity contribution < 1.29 is 12.8 Å². The zero-order valence-electron chi connectivity index (χ0n) is 16.6. The number of thiazole rings is 1. The third-order valence-electron chi connectivity index (χ3n) is 5.30. The molecule has 1 aliphatic rings. The van der Waals surface area contributed by atoms with E-state index in [4.69, 9.17) is 0 Å². The molecule has 0 aliphatic carbocycles. The van der Waals surface area contributed by atoms with Crippen molar-refractivity contribution >= 4 is 26.5 Å². The highest BCUT2D eigenvalue weighted by atomic mass is 32.2. The van der Waals surface area contributed by atoms with E-state index in [-0.39, 0.29) is 4.90 Å².